The second-order valence-corrected chi connectivity index (χ2v) is 9.51. The van der Waals surface area contributed by atoms with Crippen LogP contribution in [0, 0.1) is 6.92 Å². The number of carbonyl (C=O) groups excluding carboxylic acids is 1. The monoisotopic (exact) mass is 468 g/mol. The van der Waals surface area contributed by atoms with E-state index in [2.05, 4.69) is 26.6 Å². The highest BCUT2D eigenvalue weighted by molar-refractivity contribution is 7.99. The first-order valence-corrected chi connectivity index (χ1v) is 12.0. The van der Waals surface area contributed by atoms with E-state index in [4.69, 9.17) is 9.47 Å². The van der Waals surface area contributed by atoms with Crippen LogP contribution in [0.4, 0.5) is 5.69 Å². The van der Waals surface area contributed by atoms with Gasteiger partial charge in [0.15, 0.2) is 11.5 Å². The Balaban J connectivity index is 1.20. The van der Waals surface area contributed by atoms with Gasteiger partial charge in [-0.3, -0.25) is 4.79 Å². The van der Waals surface area contributed by atoms with Gasteiger partial charge in [-0.2, -0.15) is 0 Å². The fraction of sp³-hybridized carbons (Fsp3) is 0.143. The van der Waals surface area contributed by atoms with Gasteiger partial charge in [0.05, 0.1) is 21.2 Å². The lowest BCUT2D eigenvalue weighted by Crippen LogP contribution is -2.14. The molecule has 31 heavy (non-hydrogen) atoms. The van der Waals surface area contributed by atoms with Gasteiger partial charge in [0.25, 0.3) is 0 Å². The van der Waals surface area contributed by atoms with E-state index in [1.165, 1.54) is 11.8 Å². The Morgan fingerprint density at radius 2 is 2.06 bits per heavy atom. The summed E-state index contributed by atoms with van der Waals surface area (Å²) in [7, 11) is 0. The highest BCUT2D eigenvalue weighted by atomic mass is 32.2. The van der Waals surface area contributed by atoms with Crippen molar-refractivity contribution in [3.05, 3.63) is 53.5 Å². The van der Waals surface area contributed by atoms with Gasteiger partial charge in [0.2, 0.25) is 12.7 Å². The largest absolute Gasteiger partial charge is 0.454 e. The Kier molecular flexibility index (Phi) is 5.58. The minimum absolute atomic E-state index is 0.131. The van der Waals surface area contributed by atoms with E-state index in [0.717, 1.165) is 26.1 Å². The molecular formula is C21H16N4O3S3. The van der Waals surface area contributed by atoms with Crippen molar-refractivity contribution >= 4 is 46.0 Å². The van der Waals surface area contributed by atoms with Crippen molar-refractivity contribution in [3.8, 4) is 32.0 Å². The topological polar surface area (TPSA) is 86.2 Å². The number of anilines is 1. The van der Waals surface area contributed by atoms with Gasteiger partial charge in [-0.1, -0.05) is 17.8 Å². The first-order valence-electron chi connectivity index (χ1n) is 9.33. The van der Waals surface area contributed by atoms with Crippen molar-refractivity contribution in [2.45, 2.75) is 11.9 Å². The molecule has 156 valence electrons. The molecule has 4 heterocycles. The molecule has 0 radical (unpaired) electrons. The van der Waals surface area contributed by atoms with Crippen LogP contribution < -0.4 is 14.8 Å². The number of benzene rings is 1. The van der Waals surface area contributed by atoms with Crippen molar-refractivity contribution in [2.24, 2.45) is 0 Å². The van der Waals surface area contributed by atoms with Crippen LogP contribution in [0.3, 0.4) is 0 Å². The number of thioether (sulfide) groups is 1. The van der Waals surface area contributed by atoms with Crippen LogP contribution in [-0.2, 0) is 4.79 Å². The number of carbonyl (C=O) groups is 1. The van der Waals surface area contributed by atoms with E-state index in [1.807, 2.05) is 30.5 Å². The van der Waals surface area contributed by atoms with Crippen molar-refractivity contribution in [1.29, 1.82) is 0 Å². The van der Waals surface area contributed by atoms with Crippen LogP contribution in [-0.4, -0.2) is 33.6 Å². The maximum absolute atomic E-state index is 12.3. The summed E-state index contributed by atoms with van der Waals surface area (Å²) in [4.78, 5) is 19.1. The van der Waals surface area contributed by atoms with Gasteiger partial charge in [-0.25, -0.2) is 4.98 Å². The number of thiophene rings is 1. The second-order valence-electron chi connectivity index (χ2n) is 6.57. The lowest BCUT2D eigenvalue weighted by molar-refractivity contribution is -0.113. The molecule has 0 unspecified atom stereocenters. The molecule has 0 aliphatic carbocycles. The molecule has 1 N–H and O–H groups in total. The molecule has 1 aromatic carbocycles. The molecule has 10 heteroatoms. The molecule has 4 aromatic rings. The van der Waals surface area contributed by atoms with Crippen molar-refractivity contribution < 1.29 is 14.3 Å². The smallest absolute Gasteiger partial charge is 0.234 e. The molecule has 0 bridgehead atoms. The van der Waals surface area contributed by atoms with Gasteiger partial charge < -0.3 is 14.8 Å². The fourth-order valence-corrected chi connectivity index (χ4v) is 5.41. The molecule has 3 aromatic heterocycles. The SMILES string of the molecule is Cc1nc(-c2cccs2)sc1-c1ccc(SCC(=O)Nc2ccc3c(c2)OCO3)nn1. The summed E-state index contributed by atoms with van der Waals surface area (Å²) in [5, 5.41) is 15.2. The summed E-state index contributed by atoms with van der Waals surface area (Å²) in [6.07, 6.45) is 0. The number of aryl methyl sites for hydroxylation is 1. The summed E-state index contributed by atoms with van der Waals surface area (Å²) in [5.41, 5.74) is 2.39. The Hall–Kier alpha value is -2.95. The number of nitrogens with one attached hydrogen (secondary N) is 1. The highest BCUT2D eigenvalue weighted by Crippen LogP contribution is 2.36. The first-order chi connectivity index (χ1) is 15.2. The number of nitrogens with zero attached hydrogens (tertiary/aromatic N) is 3. The third-order valence-electron chi connectivity index (χ3n) is 4.41. The van der Waals surface area contributed by atoms with Gasteiger partial charge in [-0.05, 0) is 42.6 Å². The normalized spacial score (nSPS) is 12.2. The van der Waals surface area contributed by atoms with Crippen LogP contribution in [0.25, 0.3) is 20.5 Å². The molecule has 1 amide bonds. The highest BCUT2D eigenvalue weighted by Gasteiger charge is 2.15. The third kappa shape index (κ3) is 4.41. The Bertz CT molecular complexity index is 1220. The quantitative estimate of drug-likeness (QED) is 0.394. The lowest BCUT2D eigenvalue weighted by Gasteiger charge is -2.06. The number of rotatable bonds is 6. The standard InChI is InChI=1S/C21H16N4O3S3/c1-12-20(31-21(22-12)17-3-2-8-29-17)14-5-7-19(25-24-14)30-10-18(26)23-13-4-6-15-16(9-13)28-11-27-15/h2-9H,10-11H2,1H3,(H,23,26). The average Bonchev–Trinajstić information content (AvgIpc) is 3.53. The van der Waals surface area contributed by atoms with E-state index in [-0.39, 0.29) is 18.5 Å². The molecule has 5 rings (SSSR count). The van der Waals surface area contributed by atoms with Crippen molar-refractivity contribution in [1.82, 2.24) is 15.2 Å². The minimum atomic E-state index is -0.131. The van der Waals surface area contributed by atoms with E-state index in [1.54, 1.807) is 40.9 Å². The summed E-state index contributed by atoms with van der Waals surface area (Å²) >= 11 is 4.61. The maximum atomic E-state index is 12.3. The number of fused-ring (bicyclic) bond motifs is 1. The number of hydrogen-bond acceptors (Lipinski definition) is 9. The van der Waals surface area contributed by atoms with E-state index in [9.17, 15) is 4.79 Å². The number of hydrogen-bond donors (Lipinski definition) is 1. The molecule has 0 fully saturated rings. The van der Waals surface area contributed by atoms with E-state index in [0.29, 0.717) is 22.2 Å². The summed E-state index contributed by atoms with van der Waals surface area (Å²) in [6.45, 7) is 2.18. The van der Waals surface area contributed by atoms with E-state index >= 15 is 0 Å². The zero-order chi connectivity index (χ0) is 21.2. The zero-order valence-corrected chi connectivity index (χ0v) is 18.8. The van der Waals surface area contributed by atoms with Gasteiger partial charge in [0, 0.05) is 11.8 Å². The zero-order valence-electron chi connectivity index (χ0n) is 16.3. The van der Waals surface area contributed by atoms with Crippen LogP contribution in [0.1, 0.15) is 5.69 Å². The average molecular weight is 469 g/mol. The molecule has 0 atom stereocenters. The predicted octanol–water partition coefficient (Wildman–Crippen LogP) is 5.10. The summed E-state index contributed by atoms with van der Waals surface area (Å²) in [5.74, 6) is 1.41. The van der Waals surface area contributed by atoms with Gasteiger partial charge >= 0.3 is 0 Å². The number of aromatic nitrogens is 3. The number of ether oxygens (including phenoxy) is 2. The Morgan fingerprint density at radius 1 is 1.16 bits per heavy atom. The van der Waals surface area contributed by atoms with Crippen molar-refractivity contribution in [2.75, 3.05) is 17.9 Å². The molecule has 1 aliphatic heterocycles. The number of amides is 1. The lowest BCUT2D eigenvalue weighted by atomic mass is 10.3. The summed E-state index contributed by atoms with van der Waals surface area (Å²) in [6, 6.07) is 13.2. The summed E-state index contributed by atoms with van der Waals surface area (Å²) < 4.78 is 10.6. The van der Waals surface area contributed by atoms with Crippen molar-refractivity contribution in [3.63, 3.8) is 0 Å². The molecular weight excluding hydrogens is 452 g/mol. The molecule has 7 nitrogen and oxygen atoms in total. The molecule has 0 saturated carbocycles. The van der Waals surface area contributed by atoms with Gasteiger partial charge in [0.1, 0.15) is 15.7 Å². The third-order valence-corrected chi connectivity index (χ3v) is 7.55. The Labute approximate surface area is 190 Å². The van der Waals surface area contributed by atoms with Crippen LogP contribution >= 0.6 is 34.4 Å². The number of thiazole rings is 1. The molecule has 0 saturated heterocycles. The minimum Gasteiger partial charge on any atom is -0.454 e. The first kappa shape index (κ1) is 20.0. The van der Waals surface area contributed by atoms with Crippen LogP contribution in [0.2, 0.25) is 0 Å². The fourth-order valence-electron chi connectivity index (χ4n) is 2.97. The van der Waals surface area contributed by atoms with Crippen LogP contribution in [0.15, 0.2) is 52.9 Å². The maximum Gasteiger partial charge on any atom is 0.234 e. The molecule has 0 spiro atoms. The second kappa shape index (κ2) is 8.66. The van der Waals surface area contributed by atoms with E-state index < -0.39 is 0 Å². The van der Waals surface area contributed by atoms with Crippen LogP contribution in [0.5, 0.6) is 11.5 Å². The molecule has 1 aliphatic rings. The Morgan fingerprint density at radius 3 is 2.87 bits per heavy atom. The van der Waals surface area contributed by atoms with Gasteiger partial charge in [-0.15, -0.1) is 32.9 Å². The predicted molar refractivity (Wildman–Crippen MR) is 123 cm³/mol.